The number of aliphatic hydroxyl groups excluding tert-OH is 1. The molecule has 15 nitrogen and oxygen atoms in total. The average Bonchev–Trinajstić information content (AvgIpc) is 3.92. The first-order valence-corrected chi connectivity index (χ1v) is 20.4. The maximum absolute atomic E-state index is 13.0. The zero-order valence-electron chi connectivity index (χ0n) is 34.6. The minimum atomic E-state index is -0.462. The number of nitrogens with one attached hydrogen (secondary N) is 3. The van der Waals surface area contributed by atoms with Crippen molar-refractivity contribution in [3.63, 3.8) is 0 Å². The van der Waals surface area contributed by atoms with E-state index in [1.165, 1.54) is 5.69 Å². The van der Waals surface area contributed by atoms with E-state index in [1.54, 1.807) is 0 Å². The molecule has 2 aliphatic heterocycles. The van der Waals surface area contributed by atoms with Crippen LogP contribution in [-0.2, 0) is 28.0 Å². The number of anilines is 1. The van der Waals surface area contributed by atoms with Crippen LogP contribution in [0.5, 0.6) is 0 Å². The minimum Gasteiger partial charge on any atom is -0.392 e. The van der Waals surface area contributed by atoms with Gasteiger partial charge in [0.05, 0.1) is 18.6 Å². The Hall–Kier alpha value is -6.32. The van der Waals surface area contributed by atoms with E-state index in [9.17, 15) is 19.5 Å². The van der Waals surface area contributed by atoms with Crippen molar-refractivity contribution in [2.45, 2.75) is 77.9 Å². The zero-order chi connectivity index (χ0) is 42.1. The van der Waals surface area contributed by atoms with Gasteiger partial charge in [0.2, 0.25) is 17.7 Å². The number of benzene rings is 2. The van der Waals surface area contributed by atoms with Crippen LogP contribution >= 0.6 is 0 Å². The third-order valence-electron chi connectivity index (χ3n) is 11.5. The molecule has 0 radical (unpaired) electrons. The van der Waals surface area contributed by atoms with E-state index in [1.807, 2.05) is 65.2 Å². The molecular weight excluding hydrogens is 761 g/mol. The van der Waals surface area contributed by atoms with Gasteiger partial charge in [-0.3, -0.25) is 34.7 Å². The summed E-state index contributed by atoms with van der Waals surface area (Å²) in [6, 6.07) is 18.0. The highest BCUT2D eigenvalue weighted by Crippen LogP contribution is 2.33. The number of imide groups is 1. The van der Waals surface area contributed by atoms with Crippen molar-refractivity contribution in [2.24, 2.45) is 0 Å². The van der Waals surface area contributed by atoms with Gasteiger partial charge in [0.25, 0.3) is 11.7 Å². The maximum Gasteiger partial charge on any atom is 0.293 e. The number of carbonyl (C=O) groups is 3. The quantitative estimate of drug-likeness (QED) is 0.120. The highest BCUT2D eigenvalue weighted by Gasteiger charge is 2.30. The average molecular weight is 811 g/mol. The van der Waals surface area contributed by atoms with E-state index in [4.69, 9.17) is 4.52 Å². The van der Waals surface area contributed by atoms with Crippen LogP contribution in [0.3, 0.4) is 0 Å². The Morgan fingerprint density at radius 3 is 2.45 bits per heavy atom. The number of H-pyrrole nitrogens is 1. The summed E-state index contributed by atoms with van der Waals surface area (Å²) in [4.78, 5) is 55.4. The molecule has 3 amide bonds. The number of pyridine rings is 2. The smallest absolute Gasteiger partial charge is 0.293 e. The Kier molecular flexibility index (Phi) is 11.3. The molecule has 6 aromatic rings. The lowest BCUT2D eigenvalue weighted by atomic mass is 9.88. The second-order valence-corrected chi connectivity index (χ2v) is 16.8. The van der Waals surface area contributed by atoms with Gasteiger partial charge in [-0.1, -0.05) is 50.2 Å². The van der Waals surface area contributed by atoms with Crippen LogP contribution < -0.4 is 15.5 Å². The first-order chi connectivity index (χ1) is 28.8. The van der Waals surface area contributed by atoms with Crippen LogP contribution in [0.4, 0.5) is 5.69 Å². The van der Waals surface area contributed by atoms with E-state index < -0.39 is 11.9 Å². The number of nitrogens with zero attached hydrogens (tertiary/aromatic N) is 7. The first-order valence-electron chi connectivity index (χ1n) is 20.4. The molecule has 2 unspecified atom stereocenters. The molecule has 310 valence electrons. The van der Waals surface area contributed by atoms with Crippen molar-refractivity contribution in [1.82, 2.24) is 45.8 Å². The summed E-state index contributed by atoms with van der Waals surface area (Å²) in [7, 11) is 0. The molecule has 2 atom stereocenters. The molecule has 2 aliphatic rings. The Morgan fingerprint density at radius 2 is 1.75 bits per heavy atom. The summed E-state index contributed by atoms with van der Waals surface area (Å²) >= 11 is 0. The molecule has 6 heterocycles. The number of aliphatic hydroxyl groups is 1. The molecule has 15 heteroatoms. The molecule has 2 aromatic carbocycles. The molecule has 2 saturated heterocycles. The molecule has 4 aromatic heterocycles. The normalized spacial score (nSPS) is 16.9. The molecule has 0 spiro atoms. The zero-order valence-corrected chi connectivity index (χ0v) is 34.6. The highest BCUT2D eigenvalue weighted by molar-refractivity contribution is 6.01. The van der Waals surface area contributed by atoms with E-state index in [0.717, 1.165) is 83.6 Å². The van der Waals surface area contributed by atoms with Crippen LogP contribution in [0.15, 0.2) is 71.5 Å². The van der Waals surface area contributed by atoms with Crippen molar-refractivity contribution >= 4 is 34.4 Å². The SMILES string of the molecule is Cc1cc(CCN2CCN(c3ccc(-c4cnc5[nH]nc(-c6ccc(C(C)NC(=O)c7noc(C(C)(C)C)n7)c(CO)c6)c5c4)cc3)CC2)ncc1C1CCC(=O)NC1=O. The molecular formula is C45H50N10O5. The van der Waals surface area contributed by atoms with Crippen molar-refractivity contribution in [2.75, 3.05) is 37.6 Å². The van der Waals surface area contributed by atoms with E-state index in [2.05, 4.69) is 87.1 Å². The van der Waals surface area contributed by atoms with Crippen molar-refractivity contribution in [1.29, 1.82) is 0 Å². The summed E-state index contributed by atoms with van der Waals surface area (Å²) in [6.07, 6.45) is 5.37. The van der Waals surface area contributed by atoms with E-state index in [-0.39, 0.29) is 35.6 Å². The van der Waals surface area contributed by atoms with Gasteiger partial charge >= 0.3 is 0 Å². The number of aryl methyl sites for hydroxylation is 1. The fourth-order valence-corrected chi connectivity index (χ4v) is 8.04. The Labute approximate surface area is 348 Å². The second-order valence-electron chi connectivity index (χ2n) is 16.8. The minimum absolute atomic E-state index is 0.0383. The van der Waals surface area contributed by atoms with Gasteiger partial charge in [-0.05, 0) is 78.4 Å². The first kappa shape index (κ1) is 40.5. The number of fused-ring (bicyclic) bond motifs is 1. The number of hydrogen-bond donors (Lipinski definition) is 4. The van der Waals surface area contributed by atoms with Crippen LogP contribution in [0.25, 0.3) is 33.4 Å². The molecule has 2 fully saturated rings. The van der Waals surface area contributed by atoms with Gasteiger partial charge in [-0.2, -0.15) is 10.1 Å². The molecule has 0 bridgehead atoms. The number of piperidine rings is 1. The molecule has 60 heavy (non-hydrogen) atoms. The summed E-state index contributed by atoms with van der Waals surface area (Å²) in [5, 5.41) is 28.1. The van der Waals surface area contributed by atoms with Crippen molar-refractivity contribution in [3.05, 3.63) is 107 Å². The highest BCUT2D eigenvalue weighted by atomic mass is 16.5. The number of amides is 3. The van der Waals surface area contributed by atoms with E-state index >= 15 is 0 Å². The number of hydrogen-bond acceptors (Lipinski definition) is 12. The summed E-state index contributed by atoms with van der Waals surface area (Å²) < 4.78 is 5.29. The summed E-state index contributed by atoms with van der Waals surface area (Å²) in [5.41, 5.74) is 9.34. The molecule has 4 N–H and O–H groups in total. The van der Waals surface area contributed by atoms with Gasteiger partial charge in [0, 0.05) is 91.3 Å². The lowest BCUT2D eigenvalue weighted by Crippen LogP contribution is -2.47. The molecule has 8 rings (SSSR count). The number of piperazine rings is 1. The third kappa shape index (κ3) is 8.54. The fourth-order valence-electron chi connectivity index (χ4n) is 8.04. The third-order valence-corrected chi connectivity index (χ3v) is 11.5. The van der Waals surface area contributed by atoms with Crippen LogP contribution in [0.1, 0.15) is 97.0 Å². The van der Waals surface area contributed by atoms with Crippen molar-refractivity contribution in [3.8, 4) is 22.4 Å². The largest absolute Gasteiger partial charge is 0.392 e. The van der Waals surface area contributed by atoms with Gasteiger partial charge in [-0.25, -0.2) is 4.98 Å². The van der Waals surface area contributed by atoms with Crippen molar-refractivity contribution < 1.29 is 24.0 Å². The van der Waals surface area contributed by atoms with Crippen LogP contribution in [0, 0.1) is 6.92 Å². The van der Waals surface area contributed by atoms with E-state index in [0.29, 0.717) is 35.6 Å². The number of rotatable bonds is 11. The molecule has 0 aliphatic carbocycles. The Balaban J connectivity index is 0.881. The predicted octanol–water partition coefficient (Wildman–Crippen LogP) is 5.54. The van der Waals surface area contributed by atoms with Gasteiger partial charge < -0.3 is 19.8 Å². The monoisotopic (exact) mass is 810 g/mol. The summed E-state index contributed by atoms with van der Waals surface area (Å²) in [5.74, 6) is -0.878. The number of aromatic nitrogens is 6. The lowest BCUT2D eigenvalue weighted by Gasteiger charge is -2.36. The number of aromatic amines is 1. The second kappa shape index (κ2) is 16.7. The number of carbonyl (C=O) groups excluding carboxylic acids is 3. The predicted molar refractivity (Wildman–Crippen MR) is 226 cm³/mol. The van der Waals surface area contributed by atoms with Gasteiger partial charge in [-0.15, -0.1) is 0 Å². The van der Waals surface area contributed by atoms with Gasteiger partial charge in [0.1, 0.15) is 5.69 Å². The fraction of sp³-hybridized carbons (Fsp3) is 0.378. The van der Waals surface area contributed by atoms with Crippen LogP contribution in [-0.4, -0.2) is 90.8 Å². The van der Waals surface area contributed by atoms with Crippen LogP contribution in [0.2, 0.25) is 0 Å². The Bertz CT molecular complexity index is 2550. The summed E-state index contributed by atoms with van der Waals surface area (Å²) in [6.45, 7) is 14.1. The Morgan fingerprint density at radius 1 is 0.983 bits per heavy atom. The lowest BCUT2D eigenvalue weighted by molar-refractivity contribution is -0.134. The standard InChI is InChI=1S/C45H50N10O5/c1-26-20-32(46-24-37(26)35-12-13-38(57)49-42(35)58)14-15-54-16-18-55(19-17-54)33-9-6-28(7-10-33)30-22-36-39(51-52-40(36)47-23-30)29-8-11-34(31(21-29)25-56)27(2)48-43(59)41-50-44(60-53-41)45(3,4)5/h6-11,20-24,27,35,56H,12-19,25H2,1-5H3,(H,48,59)(H,47,51,52)(H,49,57,58). The topological polar surface area (TPSA) is 195 Å². The maximum atomic E-state index is 13.0. The molecule has 0 saturated carbocycles. The van der Waals surface area contributed by atoms with Gasteiger partial charge in [0.15, 0.2) is 5.65 Å².